The van der Waals surface area contributed by atoms with E-state index in [0.717, 1.165) is 0 Å². The Hall–Kier alpha value is -2.83. The summed E-state index contributed by atoms with van der Waals surface area (Å²) in [7, 11) is 0. The van der Waals surface area contributed by atoms with Crippen LogP contribution in [0.25, 0.3) is 0 Å². The molecule has 0 bridgehead atoms. The van der Waals surface area contributed by atoms with Crippen LogP contribution >= 0.6 is 11.8 Å². The van der Waals surface area contributed by atoms with Gasteiger partial charge in [-0.25, -0.2) is 4.79 Å². The van der Waals surface area contributed by atoms with Crippen molar-refractivity contribution in [3.63, 3.8) is 0 Å². The fraction of sp³-hybridized carbons (Fsp3) is 0.565. The number of amides is 3. The van der Waals surface area contributed by atoms with Crippen LogP contribution in [0.2, 0.25) is 0 Å². The highest BCUT2D eigenvalue weighted by Crippen LogP contribution is 2.13. The fourth-order valence-corrected chi connectivity index (χ4v) is 3.62. The second-order valence-electron chi connectivity index (χ2n) is 8.27. The Balaban J connectivity index is 3.05. The van der Waals surface area contributed by atoms with Crippen molar-refractivity contribution in [2.45, 2.75) is 57.3 Å². The molecule has 35 heavy (non-hydrogen) atoms. The largest absolute Gasteiger partial charge is 0.508 e. The number of nitrogens with one attached hydrogen (secondary N) is 3. The predicted molar refractivity (Wildman–Crippen MR) is 133 cm³/mol. The first-order chi connectivity index (χ1) is 16.5. The molecule has 0 aromatic heterocycles. The summed E-state index contributed by atoms with van der Waals surface area (Å²) in [5, 5.41) is 36.0. The first-order valence-corrected chi connectivity index (χ1v) is 12.7. The highest BCUT2D eigenvalue weighted by Gasteiger charge is 2.32. The number of hydrogen-bond donors (Lipinski definition) is 7. The van der Waals surface area contributed by atoms with Crippen molar-refractivity contribution >= 4 is 35.5 Å². The van der Waals surface area contributed by atoms with Crippen molar-refractivity contribution in [1.82, 2.24) is 16.0 Å². The summed E-state index contributed by atoms with van der Waals surface area (Å²) in [6, 6.07) is 1.33. The number of rotatable bonds is 15. The Kier molecular flexibility index (Phi) is 13.1. The van der Waals surface area contributed by atoms with Gasteiger partial charge in [0.2, 0.25) is 17.7 Å². The first kappa shape index (κ1) is 30.2. The molecule has 0 aliphatic rings. The van der Waals surface area contributed by atoms with Crippen molar-refractivity contribution in [3.05, 3.63) is 29.8 Å². The average molecular weight is 513 g/mol. The molecule has 0 aliphatic heterocycles. The van der Waals surface area contributed by atoms with Gasteiger partial charge in [-0.3, -0.25) is 14.4 Å². The minimum atomic E-state index is -1.36. The van der Waals surface area contributed by atoms with E-state index < -0.39 is 54.5 Å². The van der Waals surface area contributed by atoms with Crippen LogP contribution < -0.4 is 21.7 Å². The third kappa shape index (κ3) is 10.1. The summed E-state index contributed by atoms with van der Waals surface area (Å²) in [5.41, 5.74) is 6.40. The number of carbonyl (C=O) groups excluding carboxylic acids is 3. The van der Waals surface area contributed by atoms with Crippen LogP contribution in [0.1, 0.15) is 32.3 Å². The van der Waals surface area contributed by atoms with Gasteiger partial charge < -0.3 is 37.0 Å². The van der Waals surface area contributed by atoms with Gasteiger partial charge in [-0.05, 0) is 42.0 Å². The number of thioether (sulfide) groups is 1. The third-order valence-corrected chi connectivity index (χ3v) is 6.22. The predicted octanol–water partition coefficient (Wildman–Crippen LogP) is -0.407. The van der Waals surface area contributed by atoms with Gasteiger partial charge in [0, 0.05) is 6.42 Å². The van der Waals surface area contributed by atoms with E-state index in [1.54, 1.807) is 26.0 Å². The maximum absolute atomic E-state index is 13.0. The van der Waals surface area contributed by atoms with Gasteiger partial charge in [0.15, 0.2) is 0 Å². The van der Waals surface area contributed by atoms with E-state index in [0.29, 0.717) is 24.2 Å². The zero-order chi connectivity index (χ0) is 26.5. The molecule has 0 saturated carbocycles. The van der Waals surface area contributed by atoms with Gasteiger partial charge in [-0.15, -0.1) is 0 Å². The molecule has 5 atom stereocenters. The van der Waals surface area contributed by atoms with Crippen molar-refractivity contribution in [2.75, 3.05) is 18.6 Å². The van der Waals surface area contributed by atoms with Crippen LogP contribution in [0.4, 0.5) is 0 Å². The number of benzene rings is 1. The molecule has 0 saturated heterocycles. The molecular formula is C23H36N4O7S. The molecule has 1 aromatic rings. The third-order valence-electron chi connectivity index (χ3n) is 5.57. The minimum Gasteiger partial charge on any atom is -0.508 e. The number of aromatic hydroxyl groups is 1. The zero-order valence-electron chi connectivity index (χ0n) is 20.2. The van der Waals surface area contributed by atoms with E-state index in [1.807, 2.05) is 6.26 Å². The monoisotopic (exact) mass is 512 g/mol. The van der Waals surface area contributed by atoms with E-state index in [4.69, 9.17) is 5.73 Å². The summed E-state index contributed by atoms with van der Waals surface area (Å²) >= 11 is 1.51. The van der Waals surface area contributed by atoms with Gasteiger partial charge in [-0.1, -0.05) is 32.4 Å². The summed E-state index contributed by atoms with van der Waals surface area (Å²) in [4.78, 5) is 49.8. The number of carboxylic acids is 1. The van der Waals surface area contributed by atoms with Crippen molar-refractivity contribution in [3.8, 4) is 5.75 Å². The number of aliphatic hydroxyl groups is 1. The maximum Gasteiger partial charge on any atom is 0.326 e. The van der Waals surface area contributed by atoms with Crippen LogP contribution in [0.15, 0.2) is 24.3 Å². The smallest absolute Gasteiger partial charge is 0.326 e. The molecule has 11 nitrogen and oxygen atoms in total. The molecule has 8 N–H and O–H groups in total. The average Bonchev–Trinajstić information content (AvgIpc) is 2.83. The summed E-state index contributed by atoms with van der Waals surface area (Å²) < 4.78 is 0. The van der Waals surface area contributed by atoms with Gasteiger partial charge in [0.05, 0.1) is 12.6 Å². The van der Waals surface area contributed by atoms with Crippen molar-refractivity contribution in [1.29, 1.82) is 0 Å². The lowest BCUT2D eigenvalue weighted by molar-refractivity contribution is -0.143. The highest BCUT2D eigenvalue weighted by atomic mass is 32.2. The topological polar surface area (TPSA) is 191 Å². The Morgan fingerprint density at radius 2 is 1.57 bits per heavy atom. The Morgan fingerprint density at radius 3 is 2.09 bits per heavy atom. The van der Waals surface area contributed by atoms with Crippen LogP contribution in [-0.2, 0) is 25.6 Å². The Bertz CT molecular complexity index is 853. The molecule has 0 radical (unpaired) electrons. The van der Waals surface area contributed by atoms with E-state index in [-0.39, 0.29) is 18.1 Å². The molecular weight excluding hydrogens is 476 g/mol. The summed E-state index contributed by atoms with van der Waals surface area (Å²) in [6.45, 7) is 2.75. The molecule has 3 amide bonds. The van der Waals surface area contributed by atoms with Crippen molar-refractivity contribution in [2.24, 2.45) is 11.7 Å². The quantitative estimate of drug-likeness (QED) is 0.164. The zero-order valence-corrected chi connectivity index (χ0v) is 21.0. The summed E-state index contributed by atoms with van der Waals surface area (Å²) in [6.07, 6.45) is 2.72. The van der Waals surface area contributed by atoms with Gasteiger partial charge in [-0.2, -0.15) is 11.8 Å². The Morgan fingerprint density at radius 1 is 1.00 bits per heavy atom. The van der Waals surface area contributed by atoms with E-state index in [1.165, 1.54) is 23.9 Å². The number of carboxylic acid groups (broad SMARTS) is 1. The second kappa shape index (κ2) is 15.2. The molecule has 0 aliphatic carbocycles. The standard InChI is InChI=1S/C23H36N4O7S/c1-4-13(2)19(23(33)34)27-21(31)17(11-14-5-7-15(29)8-6-14)25-22(32)18(12-28)26-20(30)16(24)9-10-35-3/h5-8,13,16-19,28-29H,4,9-12,24H2,1-3H3,(H,25,32)(H,26,30)(H,27,31)(H,33,34). The number of phenolic OH excluding ortho intramolecular Hbond substituents is 1. The SMILES string of the molecule is CCC(C)C(NC(=O)C(Cc1ccc(O)cc1)NC(=O)C(CO)NC(=O)C(N)CCSC)C(=O)O. The number of phenols is 1. The van der Waals surface area contributed by atoms with Gasteiger partial charge in [0.25, 0.3) is 0 Å². The first-order valence-electron chi connectivity index (χ1n) is 11.3. The van der Waals surface area contributed by atoms with Crippen LogP contribution in [0.3, 0.4) is 0 Å². The van der Waals surface area contributed by atoms with Crippen LogP contribution in [0, 0.1) is 5.92 Å². The minimum absolute atomic E-state index is 0.0161. The highest BCUT2D eigenvalue weighted by molar-refractivity contribution is 7.98. The van der Waals surface area contributed by atoms with Crippen LogP contribution in [0.5, 0.6) is 5.75 Å². The molecule has 0 heterocycles. The molecule has 0 spiro atoms. The molecule has 12 heteroatoms. The molecule has 1 rings (SSSR count). The normalized spacial score (nSPS) is 15.2. The van der Waals surface area contributed by atoms with E-state index in [9.17, 15) is 34.5 Å². The lowest BCUT2D eigenvalue weighted by atomic mass is 9.98. The maximum atomic E-state index is 13.0. The molecule has 196 valence electrons. The van der Waals surface area contributed by atoms with E-state index >= 15 is 0 Å². The van der Waals surface area contributed by atoms with E-state index in [2.05, 4.69) is 16.0 Å². The molecule has 5 unspecified atom stereocenters. The molecule has 0 fully saturated rings. The fourth-order valence-electron chi connectivity index (χ4n) is 3.14. The number of aliphatic hydroxyl groups excluding tert-OH is 1. The number of carbonyl (C=O) groups is 4. The van der Waals surface area contributed by atoms with Gasteiger partial charge >= 0.3 is 5.97 Å². The lowest BCUT2D eigenvalue weighted by Gasteiger charge is -2.26. The van der Waals surface area contributed by atoms with Crippen molar-refractivity contribution < 1.29 is 34.5 Å². The summed E-state index contributed by atoms with van der Waals surface area (Å²) in [5.74, 6) is -3.10. The van der Waals surface area contributed by atoms with Gasteiger partial charge in [0.1, 0.15) is 23.9 Å². The van der Waals surface area contributed by atoms with Crippen LogP contribution in [-0.4, -0.2) is 81.8 Å². The Labute approximate surface area is 209 Å². The number of aliphatic carboxylic acids is 1. The second-order valence-corrected chi connectivity index (χ2v) is 9.26. The molecule has 1 aromatic carbocycles. The lowest BCUT2D eigenvalue weighted by Crippen LogP contribution is -2.59. The number of nitrogens with two attached hydrogens (primary N) is 1. The number of hydrogen-bond acceptors (Lipinski definition) is 8.